The quantitative estimate of drug-likeness (QED) is 0.637. The third-order valence-electron chi connectivity index (χ3n) is 3.22. The molecule has 0 fully saturated rings. The van der Waals surface area contributed by atoms with Crippen molar-refractivity contribution in [3.05, 3.63) is 47.2 Å². The molecule has 0 aromatic heterocycles. The fourth-order valence-electron chi connectivity index (χ4n) is 2.43. The maximum atomic E-state index is 12.2. The molecule has 0 bridgehead atoms. The highest BCUT2D eigenvalue weighted by Gasteiger charge is 2.27. The lowest BCUT2D eigenvalue weighted by Gasteiger charge is -2.17. The van der Waals surface area contributed by atoms with Crippen LogP contribution in [0.5, 0.6) is 0 Å². The van der Waals surface area contributed by atoms with Gasteiger partial charge >= 0.3 is 0 Å². The molecule has 15 heavy (non-hydrogen) atoms. The number of benzene rings is 1. The summed E-state index contributed by atoms with van der Waals surface area (Å²) in [4.78, 5) is 14.4. The number of hydrogen-bond donors (Lipinski definition) is 0. The van der Waals surface area contributed by atoms with E-state index in [1.165, 1.54) is 5.56 Å². The lowest BCUT2D eigenvalue weighted by molar-refractivity contribution is 0.100. The molecule has 3 rings (SSSR count). The average molecular weight is 199 g/mol. The van der Waals surface area contributed by atoms with Gasteiger partial charge in [-0.2, -0.15) is 0 Å². The number of rotatable bonds is 0. The Kier molecular flexibility index (Phi) is 1.88. The van der Waals surface area contributed by atoms with Crippen molar-refractivity contribution in [3.8, 4) is 0 Å². The van der Waals surface area contributed by atoms with Gasteiger partial charge in [0.05, 0.1) is 5.70 Å². The molecule has 2 heterocycles. The highest BCUT2D eigenvalue weighted by Crippen LogP contribution is 2.25. The van der Waals surface area contributed by atoms with Crippen molar-refractivity contribution in [1.82, 2.24) is 4.90 Å². The standard InChI is InChI=1S/C13H13NO/c15-13-11-5-2-1-4-10(11)7-9-14-8-3-6-12(13)14/h1-2,4-6H,3,7-9H2. The van der Waals surface area contributed by atoms with Crippen molar-refractivity contribution < 1.29 is 4.79 Å². The van der Waals surface area contributed by atoms with Crippen LogP contribution >= 0.6 is 0 Å². The first-order valence-corrected chi connectivity index (χ1v) is 5.44. The van der Waals surface area contributed by atoms with Crippen LogP contribution in [0.1, 0.15) is 22.3 Å². The van der Waals surface area contributed by atoms with Crippen LogP contribution in [0.4, 0.5) is 0 Å². The van der Waals surface area contributed by atoms with Gasteiger partial charge in [0.2, 0.25) is 5.78 Å². The summed E-state index contributed by atoms with van der Waals surface area (Å²) in [6, 6.07) is 7.97. The molecule has 1 aromatic carbocycles. The maximum Gasteiger partial charge on any atom is 0.208 e. The third-order valence-corrected chi connectivity index (χ3v) is 3.22. The third kappa shape index (κ3) is 1.29. The van der Waals surface area contributed by atoms with Gasteiger partial charge in [-0.3, -0.25) is 4.79 Å². The first kappa shape index (κ1) is 8.72. The van der Waals surface area contributed by atoms with E-state index in [1.54, 1.807) is 0 Å². The summed E-state index contributed by atoms with van der Waals surface area (Å²) in [5.74, 6) is 0.209. The first-order chi connectivity index (χ1) is 7.36. The normalized spacial score (nSPS) is 19.3. The Balaban J connectivity index is 2.12. The predicted molar refractivity (Wildman–Crippen MR) is 58.7 cm³/mol. The van der Waals surface area contributed by atoms with Gasteiger partial charge in [-0.15, -0.1) is 0 Å². The average Bonchev–Trinajstić information content (AvgIpc) is 2.69. The van der Waals surface area contributed by atoms with Crippen LogP contribution in [0.3, 0.4) is 0 Å². The van der Waals surface area contributed by atoms with Gasteiger partial charge < -0.3 is 4.90 Å². The van der Waals surface area contributed by atoms with Crippen LogP contribution in [-0.4, -0.2) is 23.8 Å². The number of Topliss-reactive ketones (excluding diaryl/α,β-unsaturated/α-hetero) is 1. The minimum atomic E-state index is 0.209. The van der Waals surface area contributed by atoms with Gasteiger partial charge in [0, 0.05) is 18.7 Å². The monoisotopic (exact) mass is 199 g/mol. The van der Waals surface area contributed by atoms with Crippen LogP contribution in [-0.2, 0) is 6.42 Å². The highest BCUT2D eigenvalue weighted by atomic mass is 16.1. The summed E-state index contributed by atoms with van der Waals surface area (Å²) in [5.41, 5.74) is 3.01. The molecule has 0 saturated heterocycles. The molecular weight excluding hydrogens is 186 g/mol. The van der Waals surface area contributed by atoms with Crippen LogP contribution in [0.15, 0.2) is 36.0 Å². The Morgan fingerprint density at radius 3 is 2.93 bits per heavy atom. The lowest BCUT2D eigenvalue weighted by atomic mass is 10.0. The number of nitrogens with zero attached hydrogens (tertiary/aromatic N) is 1. The number of carbonyl (C=O) groups excluding carboxylic acids is 1. The van der Waals surface area contributed by atoms with E-state index in [-0.39, 0.29) is 5.78 Å². The van der Waals surface area contributed by atoms with Crippen LogP contribution in [0.2, 0.25) is 0 Å². The lowest BCUT2D eigenvalue weighted by Crippen LogP contribution is -2.23. The molecule has 1 aromatic rings. The smallest absolute Gasteiger partial charge is 0.208 e. The van der Waals surface area contributed by atoms with E-state index in [0.717, 1.165) is 37.2 Å². The van der Waals surface area contributed by atoms with Crippen molar-refractivity contribution in [3.63, 3.8) is 0 Å². The number of allylic oxidation sites excluding steroid dienone is 1. The van der Waals surface area contributed by atoms with Gasteiger partial charge in [0.1, 0.15) is 0 Å². The molecule has 0 unspecified atom stereocenters. The largest absolute Gasteiger partial charge is 0.368 e. The van der Waals surface area contributed by atoms with Gasteiger partial charge in [-0.1, -0.05) is 30.3 Å². The van der Waals surface area contributed by atoms with Crippen molar-refractivity contribution in [1.29, 1.82) is 0 Å². The molecule has 76 valence electrons. The zero-order chi connectivity index (χ0) is 10.3. The molecule has 0 spiro atoms. The molecule has 0 N–H and O–H groups in total. The van der Waals surface area contributed by atoms with E-state index in [4.69, 9.17) is 0 Å². The van der Waals surface area contributed by atoms with Crippen molar-refractivity contribution in [2.45, 2.75) is 12.8 Å². The molecular formula is C13H13NO. The molecule has 0 aliphatic carbocycles. The zero-order valence-electron chi connectivity index (χ0n) is 8.57. The Labute approximate surface area is 89.2 Å². The maximum absolute atomic E-state index is 12.2. The number of carbonyl (C=O) groups is 1. The zero-order valence-corrected chi connectivity index (χ0v) is 8.57. The summed E-state index contributed by atoms with van der Waals surface area (Å²) in [7, 11) is 0. The summed E-state index contributed by atoms with van der Waals surface area (Å²) < 4.78 is 0. The van der Waals surface area contributed by atoms with E-state index in [9.17, 15) is 4.79 Å². The molecule has 2 aliphatic rings. The fraction of sp³-hybridized carbons (Fsp3) is 0.308. The van der Waals surface area contributed by atoms with Gasteiger partial charge in [-0.05, 0) is 18.4 Å². The van der Waals surface area contributed by atoms with Gasteiger partial charge in [0.25, 0.3) is 0 Å². The molecule has 0 atom stereocenters. The Morgan fingerprint density at radius 2 is 2.00 bits per heavy atom. The summed E-state index contributed by atoms with van der Waals surface area (Å²) in [6.07, 6.45) is 4.08. The molecule has 0 saturated carbocycles. The van der Waals surface area contributed by atoms with Gasteiger partial charge in [-0.25, -0.2) is 0 Å². The van der Waals surface area contributed by atoms with Crippen molar-refractivity contribution >= 4 is 5.78 Å². The summed E-state index contributed by atoms with van der Waals surface area (Å²) in [5, 5.41) is 0. The number of ketones is 1. The van der Waals surface area contributed by atoms with E-state index in [1.807, 2.05) is 18.2 Å². The molecule has 2 aliphatic heterocycles. The van der Waals surface area contributed by atoms with E-state index < -0.39 is 0 Å². The fourth-order valence-corrected chi connectivity index (χ4v) is 2.43. The van der Waals surface area contributed by atoms with Crippen molar-refractivity contribution in [2.24, 2.45) is 0 Å². The van der Waals surface area contributed by atoms with E-state index >= 15 is 0 Å². The number of hydrogen-bond acceptors (Lipinski definition) is 2. The summed E-state index contributed by atoms with van der Waals surface area (Å²) in [6.45, 7) is 1.99. The molecule has 0 radical (unpaired) electrons. The Morgan fingerprint density at radius 1 is 1.13 bits per heavy atom. The predicted octanol–water partition coefficient (Wildman–Crippen LogP) is 2.02. The SMILES string of the molecule is O=C1C2=CCCN2CCc2ccccc21. The van der Waals surface area contributed by atoms with E-state index in [2.05, 4.69) is 17.0 Å². The van der Waals surface area contributed by atoms with Crippen LogP contribution in [0, 0.1) is 0 Å². The van der Waals surface area contributed by atoms with Gasteiger partial charge in [0.15, 0.2) is 0 Å². The van der Waals surface area contributed by atoms with Crippen LogP contribution < -0.4 is 0 Å². The topological polar surface area (TPSA) is 20.3 Å². The van der Waals surface area contributed by atoms with E-state index in [0.29, 0.717) is 0 Å². The van der Waals surface area contributed by atoms with Crippen molar-refractivity contribution in [2.75, 3.05) is 13.1 Å². The molecule has 0 amide bonds. The second-order valence-corrected chi connectivity index (χ2v) is 4.10. The second-order valence-electron chi connectivity index (χ2n) is 4.10. The van der Waals surface area contributed by atoms with Crippen LogP contribution in [0.25, 0.3) is 0 Å². The number of fused-ring (bicyclic) bond motifs is 2. The Hall–Kier alpha value is -1.57. The minimum absolute atomic E-state index is 0.209. The Bertz CT molecular complexity index is 448. The first-order valence-electron chi connectivity index (χ1n) is 5.44. The minimum Gasteiger partial charge on any atom is -0.368 e. The molecule has 2 nitrogen and oxygen atoms in total. The highest BCUT2D eigenvalue weighted by molar-refractivity contribution is 6.09. The second kappa shape index (κ2) is 3.23. The summed E-state index contributed by atoms with van der Waals surface area (Å²) >= 11 is 0. The molecule has 2 heteroatoms.